The van der Waals surface area contributed by atoms with Crippen molar-refractivity contribution in [3.8, 4) is 0 Å². The number of nitrogens with zero attached hydrogens (tertiary/aromatic N) is 2. The number of aromatic nitrogens is 2. The van der Waals surface area contributed by atoms with Crippen molar-refractivity contribution >= 4 is 34.1 Å². The smallest absolute Gasteiger partial charge is 0.233 e. The van der Waals surface area contributed by atoms with E-state index in [1.165, 1.54) is 61.6 Å². The zero-order chi connectivity index (χ0) is 15.3. The summed E-state index contributed by atoms with van der Waals surface area (Å²) in [5.74, 6) is 2.67. The van der Waals surface area contributed by atoms with E-state index in [1.54, 1.807) is 0 Å². The quantitative estimate of drug-likeness (QED) is 0.825. The third kappa shape index (κ3) is 2.73. The van der Waals surface area contributed by atoms with Crippen LogP contribution in [0.2, 0.25) is 0 Å². The molecule has 0 radical (unpaired) electrons. The number of thioether (sulfide) groups is 1. The monoisotopic (exact) mass is 338 g/mol. The van der Waals surface area contributed by atoms with E-state index in [2.05, 4.69) is 15.5 Å². The van der Waals surface area contributed by atoms with Crippen molar-refractivity contribution in [2.24, 2.45) is 17.8 Å². The summed E-state index contributed by atoms with van der Waals surface area (Å²) in [7, 11) is 0. The maximum absolute atomic E-state index is 12.6. The fourth-order valence-corrected chi connectivity index (χ4v) is 6.88. The molecule has 5 rings (SSSR count). The molecule has 0 aromatic carbocycles. The summed E-state index contributed by atoms with van der Waals surface area (Å²) < 4.78 is 0.769. The number of carbonyl (C=O) groups excluding carboxylic acids is 1. The molecule has 5 nitrogen and oxygen atoms in total. The number of nitrogens with one attached hydrogen (secondary N) is 1. The van der Waals surface area contributed by atoms with E-state index >= 15 is 0 Å². The van der Waals surface area contributed by atoms with Gasteiger partial charge >= 0.3 is 0 Å². The van der Waals surface area contributed by atoms with Gasteiger partial charge in [0.25, 0.3) is 0 Å². The Balaban J connectivity index is 1.41. The number of hydrogen-bond donors (Lipinski definition) is 2. The summed E-state index contributed by atoms with van der Waals surface area (Å²) in [6, 6.07) is 0. The minimum atomic E-state index is -0.152. The molecule has 4 fully saturated rings. The Labute approximate surface area is 138 Å². The summed E-state index contributed by atoms with van der Waals surface area (Å²) in [4.78, 5) is 12.6. The second-order valence-corrected chi connectivity index (χ2v) is 9.95. The zero-order valence-corrected chi connectivity index (χ0v) is 14.4. The lowest BCUT2D eigenvalue weighted by atomic mass is 9.53. The Morgan fingerprint density at radius 1 is 1.27 bits per heavy atom. The average molecular weight is 339 g/mol. The highest BCUT2D eigenvalue weighted by molar-refractivity contribution is 8.02. The van der Waals surface area contributed by atoms with Crippen LogP contribution in [0.1, 0.15) is 45.4 Å². The minimum absolute atomic E-state index is 0.0841. The highest BCUT2D eigenvalue weighted by atomic mass is 32.2. The highest BCUT2D eigenvalue weighted by Crippen LogP contribution is 2.55. The number of hydrogen-bond acceptors (Lipinski definition) is 6. The van der Waals surface area contributed by atoms with Crippen molar-refractivity contribution in [2.75, 3.05) is 5.73 Å². The maximum atomic E-state index is 12.6. The standard InChI is InChI=1S/C15H22N4OS2/c1-8(21-14-19-18-13(16)22-14)12(20)17-15-5-9-2-10(6-15)4-11(3-9)7-15/h8-11H,2-7H2,1H3,(H2,16,18)(H,17,20). The van der Waals surface area contributed by atoms with Crippen LogP contribution in [0.3, 0.4) is 0 Å². The van der Waals surface area contributed by atoms with Gasteiger partial charge in [-0.2, -0.15) is 0 Å². The molecule has 4 saturated carbocycles. The second kappa shape index (κ2) is 5.37. The van der Waals surface area contributed by atoms with E-state index in [0.717, 1.165) is 22.1 Å². The Morgan fingerprint density at radius 3 is 2.36 bits per heavy atom. The Bertz CT molecular complexity index is 553. The molecular weight excluding hydrogens is 316 g/mol. The highest BCUT2D eigenvalue weighted by Gasteiger charge is 2.51. The molecule has 4 aliphatic rings. The fourth-order valence-electron chi connectivity index (χ4n) is 5.10. The molecule has 120 valence electrons. The molecule has 1 aromatic heterocycles. The van der Waals surface area contributed by atoms with E-state index in [-0.39, 0.29) is 16.7 Å². The van der Waals surface area contributed by atoms with Gasteiger partial charge in [-0.1, -0.05) is 23.1 Å². The number of anilines is 1. The summed E-state index contributed by atoms with van der Waals surface area (Å²) in [6.45, 7) is 1.94. The molecule has 4 aliphatic carbocycles. The largest absolute Gasteiger partial charge is 0.374 e. The molecule has 0 aliphatic heterocycles. The third-order valence-electron chi connectivity index (χ3n) is 5.50. The SMILES string of the molecule is CC(Sc1nnc(N)s1)C(=O)NC12CC3CC(CC(C3)C1)C2. The molecule has 1 aromatic rings. The molecule has 0 saturated heterocycles. The van der Waals surface area contributed by atoms with Crippen LogP contribution in [-0.2, 0) is 4.79 Å². The van der Waals surface area contributed by atoms with E-state index < -0.39 is 0 Å². The van der Waals surface area contributed by atoms with Crippen molar-refractivity contribution in [3.63, 3.8) is 0 Å². The first kappa shape index (κ1) is 14.8. The van der Waals surface area contributed by atoms with Crippen LogP contribution < -0.4 is 11.1 Å². The first-order valence-electron chi connectivity index (χ1n) is 8.09. The maximum Gasteiger partial charge on any atom is 0.233 e. The van der Waals surface area contributed by atoms with Gasteiger partial charge in [0.2, 0.25) is 11.0 Å². The lowest BCUT2D eigenvalue weighted by molar-refractivity contribution is -0.126. The molecule has 1 atom stereocenters. The van der Waals surface area contributed by atoms with Gasteiger partial charge in [-0.15, -0.1) is 10.2 Å². The van der Waals surface area contributed by atoms with Gasteiger partial charge in [-0.3, -0.25) is 4.79 Å². The molecule has 1 amide bonds. The van der Waals surface area contributed by atoms with Crippen LogP contribution in [-0.4, -0.2) is 26.9 Å². The number of carbonyl (C=O) groups is 1. The Hall–Kier alpha value is -0.820. The van der Waals surface area contributed by atoms with Gasteiger partial charge < -0.3 is 11.1 Å². The fraction of sp³-hybridized carbons (Fsp3) is 0.800. The van der Waals surface area contributed by atoms with E-state index in [9.17, 15) is 4.79 Å². The molecule has 0 spiro atoms. The molecular formula is C15H22N4OS2. The normalized spacial score (nSPS) is 37.2. The Kier molecular flexibility index (Phi) is 3.60. The van der Waals surface area contributed by atoms with Crippen molar-refractivity contribution in [1.82, 2.24) is 15.5 Å². The van der Waals surface area contributed by atoms with Crippen molar-refractivity contribution in [1.29, 1.82) is 0 Å². The van der Waals surface area contributed by atoms with Gasteiger partial charge in [-0.25, -0.2) is 0 Å². The summed E-state index contributed by atoms with van der Waals surface area (Å²) in [5, 5.41) is 11.5. The number of amides is 1. The first-order chi connectivity index (χ1) is 10.5. The van der Waals surface area contributed by atoms with E-state index in [1.807, 2.05) is 6.92 Å². The minimum Gasteiger partial charge on any atom is -0.374 e. The predicted octanol–water partition coefficient (Wildman–Crippen LogP) is 2.69. The molecule has 22 heavy (non-hydrogen) atoms. The first-order valence-corrected chi connectivity index (χ1v) is 9.79. The summed E-state index contributed by atoms with van der Waals surface area (Å²) in [5.41, 5.74) is 5.68. The number of nitrogen functional groups attached to an aromatic ring is 1. The molecule has 1 heterocycles. The van der Waals surface area contributed by atoms with Crippen molar-refractivity contribution in [2.45, 2.75) is 60.6 Å². The van der Waals surface area contributed by atoms with Crippen LogP contribution in [0.25, 0.3) is 0 Å². The average Bonchev–Trinajstić information content (AvgIpc) is 2.81. The van der Waals surface area contributed by atoms with Crippen LogP contribution in [0.4, 0.5) is 5.13 Å². The predicted molar refractivity (Wildman–Crippen MR) is 88.7 cm³/mol. The van der Waals surface area contributed by atoms with Crippen LogP contribution >= 0.6 is 23.1 Å². The zero-order valence-electron chi connectivity index (χ0n) is 12.7. The topological polar surface area (TPSA) is 80.9 Å². The van der Waals surface area contributed by atoms with Gasteiger partial charge in [0, 0.05) is 5.54 Å². The van der Waals surface area contributed by atoms with Gasteiger partial charge in [0.1, 0.15) is 0 Å². The third-order valence-corrected chi connectivity index (χ3v) is 7.43. The van der Waals surface area contributed by atoms with Crippen LogP contribution in [0.15, 0.2) is 4.34 Å². The van der Waals surface area contributed by atoms with E-state index in [0.29, 0.717) is 5.13 Å². The number of nitrogens with two attached hydrogens (primary N) is 1. The molecule has 4 bridgehead atoms. The molecule has 1 unspecified atom stereocenters. The lowest BCUT2D eigenvalue weighted by Crippen LogP contribution is -2.60. The second-order valence-electron chi connectivity index (χ2n) is 7.35. The number of rotatable bonds is 4. The summed E-state index contributed by atoms with van der Waals surface area (Å²) >= 11 is 2.80. The van der Waals surface area contributed by atoms with Crippen LogP contribution in [0.5, 0.6) is 0 Å². The molecule has 7 heteroatoms. The van der Waals surface area contributed by atoms with Crippen molar-refractivity contribution < 1.29 is 4.79 Å². The van der Waals surface area contributed by atoms with Crippen molar-refractivity contribution in [3.05, 3.63) is 0 Å². The van der Waals surface area contributed by atoms with Gasteiger partial charge in [0.15, 0.2) is 4.34 Å². The van der Waals surface area contributed by atoms with Gasteiger partial charge in [0.05, 0.1) is 5.25 Å². The summed E-state index contributed by atoms with van der Waals surface area (Å²) in [6.07, 6.45) is 7.74. The molecule has 3 N–H and O–H groups in total. The lowest BCUT2D eigenvalue weighted by Gasteiger charge is -2.57. The van der Waals surface area contributed by atoms with Crippen LogP contribution in [0, 0.1) is 17.8 Å². The van der Waals surface area contributed by atoms with E-state index in [4.69, 9.17) is 5.73 Å². The van der Waals surface area contributed by atoms with Gasteiger partial charge in [-0.05, 0) is 63.2 Å². The Morgan fingerprint density at radius 2 is 1.86 bits per heavy atom.